The minimum Gasteiger partial charge on any atom is -0.463 e. The van der Waals surface area contributed by atoms with Gasteiger partial charge in [-0.3, -0.25) is 10.1 Å². The van der Waals surface area contributed by atoms with Crippen molar-refractivity contribution in [2.75, 3.05) is 12.4 Å². The van der Waals surface area contributed by atoms with Crippen LogP contribution in [0.2, 0.25) is 0 Å². The van der Waals surface area contributed by atoms with Gasteiger partial charge in [-0.15, -0.1) is 0 Å². The van der Waals surface area contributed by atoms with Gasteiger partial charge in [-0.2, -0.15) is 11.8 Å². The molecule has 1 heterocycles. The largest absolute Gasteiger partial charge is 0.463 e. The zero-order valence-corrected chi connectivity index (χ0v) is 17.1. The lowest BCUT2D eigenvalue weighted by atomic mass is 9.95. The molecule has 2 N–H and O–H groups in total. The second kappa shape index (κ2) is 9.93. The molecule has 30 heavy (non-hydrogen) atoms. The number of benzene rings is 2. The van der Waals surface area contributed by atoms with E-state index in [1.165, 1.54) is 18.2 Å². The average molecular weight is 427 g/mol. The Bertz CT molecular complexity index is 978. The highest BCUT2D eigenvalue weighted by Crippen LogP contribution is 2.31. The summed E-state index contributed by atoms with van der Waals surface area (Å²) in [6.07, 6.45) is 0. The zero-order valence-electron chi connectivity index (χ0n) is 16.3. The number of thioether (sulfide) groups is 1. The molecule has 2 aromatic carbocycles. The van der Waals surface area contributed by atoms with Gasteiger partial charge >= 0.3 is 12.0 Å². The van der Waals surface area contributed by atoms with Crippen LogP contribution in [-0.4, -0.2) is 29.3 Å². The molecule has 2 aromatic rings. The van der Waals surface area contributed by atoms with E-state index in [0.717, 1.165) is 5.56 Å². The third-order valence-corrected chi connectivity index (χ3v) is 5.45. The molecule has 0 aliphatic carbocycles. The van der Waals surface area contributed by atoms with Crippen molar-refractivity contribution < 1.29 is 19.2 Å². The maximum absolute atomic E-state index is 12.7. The van der Waals surface area contributed by atoms with Crippen LogP contribution in [0.4, 0.5) is 10.5 Å². The molecule has 2 amide bonds. The Morgan fingerprint density at radius 1 is 1.17 bits per heavy atom. The van der Waals surface area contributed by atoms with Crippen LogP contribution in [0.5, 0.6) is 0 Å². The van der Waals surface area contributed by atoms with E-state index in [9.17, 15) is 19.7 Å². The fraction of sp³-hybridized carbons (Fsp3) is 0.238. The van der Waals surface area contributed by atoms with Gasteiger partial charge in [0.15, 0.2) is 0 Å². The molecule has 156 valence electrons. The minimum atomic E-state index is -0.843. The molecule has 0 unspecified atom stereocenters. The van der Waals surface area contributed by atoms with E-state index in [-0.39, 0.29) is 17.9 Å². The lowest BCUT2D eigenvalue weighted by Gasteiger charge is -2.29. The van der Waals surface area contributed by atoms with Gasteiger partial charge in [-0.05, 0) is 18.1 Å². The molecule has 1 aliphatic rings. The van der Waals surface area contributed by atoms with Crippen molar-refractivity contribution in [3.05, 3.63) is 87.1 Å². The molecule has 0 radical (unpaired) electrons. The van der Waals surface area contributed by atoms with Crippen molar-refractivity contribution in [3.63, 3.8) is 0 Å². The molecule has 0 fully saturated rings. The van der Waals surface area contributed by atoms with Crippen molar-refractivity contribution in [2.45, 2.75) is 18.7 Å². The number of hydrogen-bond acceptors (Lipinski definition) is 6. The van der Waals surface area contributed by atoms with E-state index >= 15 is 0 Å². The SMILES string of the molecule is CCOC(=O)C1=C(CSCc2ccccc2)NC(=O)N[C@@H]1c1cccc([N+](=O)[O-])c1. The van der Waals surface area contributed by atoms with Crippen molar-refractivity contribution in [1.82, 2.24) is 10.6 Å². The summed E-state index contributed by atoms with van der Waals surface area (Å²) < 4.78 is 5.21. The van der Waals surface area contributed by atoms with Crippen LogP contribution < -0.4 is 10.6 Å². The maximum atomic E-state index is 12.7. The topological polar surface area (TPSA) is 111 Å². The summed E-state index contributed by atoms with van der Waals surface area (Å²) in [4.78, 5) is 35.7. The molecule has 0 saturated carbocycles. The third kappa shape index (κ3) is 5.18. The predicted octanol–water partition coefficient (Wildman–Crippen LogP) is 3.70. The van der Waals surface area contributed by atoms with Crippen LogP contribution in [0.15, 0.2) is 65.9 Å². The first kappa shape index (κ1) is 21.4. The van der Waals surface area contributed by atoms with Gasteiger partial charge in [0.05, 0.1) is 23.1 Å². The van der Waals surface area contributed by atoms with Crippen LogP contribution in [-0.2, 0) is 15.3 Å². The fourth-order valence-electron chi connectivity index (χ4n) is 3.09. The number of rotatable bonds is 8. The number of nitrogens with one attached hydrogen (secondary N) is 2. The molecule has 0 saturated heterocycles. The number of carbonyl (C=O) groups is 2. The standard InChI is InChI=1S/C21H21N3O5S/c1-2-29-20(25)18-17(13-30-12-14-7-4-3-5-8-14)22-21(26)23-19(18)15-9-6-10-16(11-15)24(27)28/h3-11,19H,2,12-13H2,1H3,(H2,22,23,26)/t19-/m1/s1. The van der Waals surface area contributed by atoms with E-state index in [1.807, 2.05) is 30.3 Å². The average Bonchev–Trinajstić information content (AvgIpc) is 2.74. The van der Waals surface area contributed by atoms with Gasteiger partial charge in [-0.1, -0.05) is 42.5 Å². The van der Waals surface area contributed by atoms with E-state index in [2.05, 4.69) is 10.6 Å². The van der Waals surface area contributed by atoms with E-state index in [4.69, 9.17) is 4.74 Å². The Hall–Kier alpha value is -3.33. The van der Waals surface area contributed by atoms with Crippen LogP contribution in [0.1, 0.15) is 24.1 Å². The van der Waals surface area contributed by atoms with Gasteiger partial charge < -0.3 is 15.4 Å². The van der Waals surface area contributed by atoms with E-state index < -0.39 is 23.0 Å². The second-order valence-electron chi connectivity index (χ2n) is 6.47. The lowest BCUT2D eigenvalue weighted by molar-refractivity contribution is -0.384. The first-order valence-corrected chi connectivity index (χ1v) is 10.5. The zero-order chi connectivity index (χ0) is 21.5. The summed E-state index contributed by atoms with van der Waals surface area (Å²) in [5.41, 5.74) is 2.12. The third-order valence-electron chi connectivity index (χ3n) is 4.42. The molecule has 1 aliphatic heterocycles. The number of ether oxygens (including phenoxy) is 1. The summed E-state index contributed by atoms with van der Waals surface area (Å²) in [5.74, 6) is 0.504. The number of non-ortho nitro benzene ring substituents is 1. The number of amides is 2. The molecule has 0 spiro atoms. The Kier molecular flexibility index (Phi) is 7.08. The monoisotopic (exact) mass is 427 g/mol. The molecule has 3 rings (SSSR count). The molecule has 9 heteroatoms. The van der Waals surface area contributed by atoms with Gasteiger partial charge in [0.25, 0.3) is 5.69 Å². The molecule has 0 bridgehead atoms. The Morgan fingerprint density at radius 3 is 2.63 bits per heavy atom. The van der Waals surface area contributed by atoms with Crippen LogP contribution in [0, 0.1) is 10.1 Å². The molecule has 1 atom stereocenters. The van der Waals surface area contributed by atoms with Gasteiger partial charge in [-0.25, -0.2) is 9.59 Å². The summed E-state index contributed by atoms with van der Waals surface area (Å²) in [6.45, 7) is 1.86. The smallest absolute Gasteiger partial charge is 0.338 e. The highest BCUT2D eigenvalue weighted by molar-refractivity contribution is 7.98. The number of nitrogens with zero attached hydrogens (tertiary/aromatic N) is 1. The predicted molar refractivity (Wildman–Crippen MR) is 114 cm³/mol. The number of nitro groups is 1. The van der Waals surface area contributed by atoms with Gasteiger partial charge in [0.1, 0.15) is 0 Å². The van der Waals surface area contributed by atoms with E-state index in [0.29, 0.717) is 22.8 Å². The van der Waals surface area contributed by atoms with Crippen molar-refractivity contribution >= 4 is 29.4 Å². The maximum Gasteiger partial charge on any atom is 0.338 e. The van der Waals surface area contributed by atoms with Gasteiger partial charge in [0.2, 0.25) is 0 Å². The summed E-state index contributed by atoms with van der Waals surface area (Å²) in [6, 6.07) is 14.4. The summed E-state index contributed by atoms with van der Waals surface area (Å²) in [7, 11) is 0. The van der Waals surface area contributed by atoms with E-state index in [1.54, 1.807) is 24.8 Å². The lowest BCUT2D eigenvalue weighted by Crippen LogP contribution is -2.46. The first-order chi connectivity index (χ1) is 14.5. The Labute approximate surface area is 177 Å². The minimum absolute atomic E-state index is 0.122. The second-order valence-corrected chi connectivity index (χ2v) is 7.46. The number of carbonyl (C=O) groups excluding carboxylic acids is 2. The van der Waals surface area contributed by atoms with Crippen molar-refractivity contribution in [2.24, 2.45) is 0 Å². The van der Waals surface area contributed by atoms with Crippen LogP contribution >= 0.6 is 11.8 Å². The fourth-order valence-corrected chi connectivity index (χ4v) is 4.06. The number of esters is 1. The first-order valence-electron chi connectivity index (χ1n) is 9.33. The van der Waals surface area contributed by atoms with Crippen LogP contribution in [0.25, 0.3) is 0 Å². The Balaban J connectivity index is 1.92. The number of hydrogen-bond donors (Lipinski definition) is 2. The van der Waals surface area contributed by atoms with Crippen molar-refractivity contribution in [3.8, 4) is 0 Å². The van der Waals surface area contributed by atoms with Gasteiger partial charge in [0, 0.05) is 29.3 Å². The number of nitro benzene ring substituents is 1. The highest BCUT2D eigenvalue weighted by atomic mass is 32.2. The molecular weight excluding hydrogens is 406 g/mol. The quantitative estimate of drug-likeness (QED) is 0.378. The number of urea groups is 1. The van der Waals surface area contributed by atoms with Crippen LogP contribution in [0.3, 0.4) is 0 Å². The molecule has 8 nitrogen and oxygen atoms in total. The Morgan fingerprint density at radius 2 is 1.93 bits per heavy atom. The normalized spacial score (nSPS) is 15.9. The molecule has 0 aromatic heterocycles. The summed E-state index contributed by atoms with van der Waals surface area (Å²) in [5, 5.41) is 16.5. The van der Waals surface area contributed by atoms with Crippen molar-refractivity contribution in [1.29, 1.82) is 0 Å². The molecular formula is C21H21N3O5S. The summed E-state index contributed by atoms with van der Waals surface area (Å²) >= 11 is 1.54. The highest BCUT2D eigenvalue weighted by Gasteiger charge is 2.34.